The molecule has 0 bridgehead atoms. The van der Waals surface area contributed by atoms with Gasteiger partial charge in [0.1, 0.15) is 11.6 Å². The van der Waals surface area contributed by atoms with Crippen LogP contribution in [-0.4, -0.2) is 34.4 Å². The Morgan fingerprint density at radius 1 is 1.10 bits per heavy atom. The van der Waals surface area contributed by atoms with E-state index in [0.29, 0.717) is 22.8 Å². The summed E-state index contributed by atoms with van der Waals surface area (Å²) < 4.78 is 20.1. The van der Waals surface area contributed by atoms with Crippen LogP contribution in [-0.2, 0) is 9.53 Å². The normalized spacial score (nSPS) is 10.4. The van der Waals surface area contributed by atoms with Crippen LogP contribution in [0.15, 0.2) is 17.7 Å². The minimum atomic E-state index is -0.707. The van der Waals surface area contributed by atoms with Gasteiger partial charge in [-0.3, -0.25) is 0 Å². The molecule has 6 heteroatoms. The smallest absolute Gasteiger partial charge is 0.348 e. The molecule has 0 radical (unpaired) electrons. The first-order valence-corrected chi connectivity index (χ1v) is 5.61. The molecule has 0 saturated carbocycles. The molecule has 0 spiro atoms. The summed E-state index contributed by atoms with van der Waals surface area (Å²) in [7, 11) is 5.67. The zero-order chi connectivity index (χ0) is 15.1. The topological polar surface area (TPSA) is 77.8 Å². The van der Waals surface area contributed by atoms with Gasteiger partial charge in [0, 0.05) is 0 Å². The lowest BCUT2D eigenvalue weighted by Crippen LogP contribution is -2.02. The van der Waals surface area contributed by atoms with E-state index >= 15 is 0 Å². The second kappa shape index (κ2) is 7.04. The molecule has 0 aliphatic heterocycles. The van der Waals surface area contributed by atoms with Gasteiger partial charge in [0.05, 0.1) is 28.4 Å². The number of carbonyl (C=O) groups is 1. The van der Waals surface area contributed by atoms with Crippen molar-refractivity contribution in [3.8, 4) is 23.3 Å². The van der Waals surface area contributed by atoms with Gasteiger partial charge in [-0.15, -0.1) is 0 Å². The van der Waals surface area contributed by atoms with Crippen LogP contribution < -0.4 is 14.2 Å². The molecule has 0 N–H and O–H groups in total. The van der Waals surface area contributed by atoms with Gasteiger partial charge in [0.2, 0.25) is 5.75 Å². The van der Waals surface area contributed by atoms with Crippen LogP contribution in [0.5, 0.6) is 17.2 Å². The molecule has 106 valence electrons. The van der Waals surface area contributed by atoms with Crippen molar-refractivity contribution in [1.29, 1.82) is 5.26 Å². The van der Waals surface area contributed by atoms with Gasteiger partial charge < -0.3 is 18.9 Å². The van der Waals surface area contributed by atoms with Crippen LogP contribution in [0, 0.1) is 11.3 Å². The summed E-state index contributed by atoms with van der Waals surface area (Å²) in [4.78, 5) is 11.4. The van der Waals surface area contributed by atoms with Gasteiger partial charge in [0.25, 0.3) is 0 Å². The van der Waals surface area contributed by atoms with Gasteiger partial charge in [0.15, 0.2) is 11.5 Å². The summed E-state index contributed by atoms with van der Waals surface area (Å²) in [6.07, 6.45) is 1.39. The maximum Gasteiger partial charge on any atom is 0.348 e. The molecule has 0 fully saturated rings. The molecule has 0 aliphatic carbocycles. The molecule has 0 aromatic heterocycles. The van der Waals surface area contributed by atoms with Gasteiger partial charge in [-0.25, -0.2) is 4.79 Å². The Morgan fingerprint density at radius 3 is 2.00 bits per heavy atom. The number of hydrogen-bond acceptors (Lipinski definition) is 6. The summed E-state index contributed by atoms with van der Waals surface area (Å²) in [6, 6.07) is 5.03. The quantitative estimate of drug-likeness (QED) is 0.464. The fourth-order valence-corrected chi connectivity index (χ4v) is 1.60. The maximum absolute atomic E-state index is 11.4. The van der Waals surface area contributed by atoms with E-state index in [1.54, 1.807) is 18.2 Å². The average molecular weight is 277 g/mol. The number of hydrogen-bond donors (Lipinski definition) is 0. The summed E-state index contributed by atoms with van der Waals surface area (Å²) in [5.41, 5.74) is 0.434. The minimum absolute atomic E-state index is 0.123. The highest BCUT2D eigenvalue weighted by molar-refractivity contribution is 5.98. The summed E-state index contributed by atoms with van der Waals surface area (Å²) in [5, 5.41) is 8.94. The third kappa shape index (κ3) is 3.20. The van der Waals surface area contributed by atoms with Crippen LogP contribution in [0.4, 0.5) is 0 Å². The second-order valence-corrected chi connectivity index (χ2v) is 3.62. The molecule has 0 aliphatic rings. The monoisotopic (exact) mass is 277 g/mol. The van der Waals surface area contributed by atoms with Crippen molar-refractivity contribution in [3.05, 3.63) is 23.3 Å². The zero-order valence-corrected chi connectivity index (χ0v) is 11.7. The molecule has 0 amide bonds. The standard InChI is InChI=1S/C14H15NO5/c1-17-11-6-9(5-10(8-15)14(16)20-4)7-12(18-2)13(11)19-3/h5-7H,1-4H3/b10-5+. The number of methoxy groups -OCH3 is 4. The average Bonchev–Trinajstić information content (AvgIpc) is 2.50. The van der Waals surface area contributed by atoms with E-state index in [-0.39, 0.29) is 5.57 Å². The molecule has 0 heterocycles. The van der Waals surface area contributed by atoms with Crippen molar-refractivity contribution in [3.63, 3.8) is 0 Å². The van der Waals surface area contributed by atoms with Crippen molar-refractivity contribution in [2.24, 2.45) is 0 Å². The van der Waals surface area contributed by atoms with Gasteiger partial charge >= 0.3 is 5.97 Å². The first-order chi connectivity index (χ1) is 9.60. The molecular formula is C14H15NO5. The van der Waals surface area contributed by atoms with Crippen molar-refractivity contribution >= 4 is 12.0 Å². The Balaban J connectivity index is 3.37. The zero-order valence-electron chi connectivity index (χ0n) is 11.7. The van der Waals surface area contributed by atoms with Gasteiger partial charge in [-0.1, -0.05) is 0 Å². The molecule has 1 rings (SSSR count). The Kier molecular flexibility index (Phi) is 5.42. The molecule has 0 atom stereocenters. The third-order valence-electron chi connectivity index (χ3n) is 2.52. The highest BCUT2D eigenvalue weighted by Crippen LogP contribution is 2.38. The summed E-state index contributed by atoms with van der Waals surface area (Å²) >= 11 is 0. The lowest BCUT2D eigenvalue weighted by Gasteiger charge is -2.12. The number of nitriles is 1. The van der Waals surface area contributed by atoms with E-state index in [1.165, 1.54) is 34.5 Å². The van der Waals surface area contributed by atoms with Crippen LogP contribution >= 0.6 is 0 Å². The Morgan fingerprint density at radius 2 is 1.65 bits per heavy atom. The van der Waals surface area contributed by atoms with E-state index in [4.69, 9.17) is 19.5 Å². The predicted octanol–water partition coefficient (Wildman–Crippen LogP) is 1.79. The van der Waals surface area contributed by atoms with Crippen LogP contribution in [0.25, 0.3) is 6.08 Å². The molecule has 20 heavy (non-hydrogen) atoms. The van der Waals surface area contributed by atoms with Crippen molar-refractivity contribution < 1.29 is 23.7 Å². The summed E-state index contributed by atoms with van der Waals surface area (Å²) in [6.45, 7) is 0. The van der Waals surface area contributed by atoms with Gasteiger partial charge in [-0.2, -0.15) is 5.26 Å². The predicted molar refractivity (Wildman–Crippen MR) is 71.7 cm³/mol. The Labute approximate surface area is 117 Å². The largest absolute Gasteiger partial charge is 0.493 e. The molecule has 1 aromatic rings. The molecular weight excluding hydrogens is 262 g/mol. The third-order valence-corrected chi connectivity index (χ3v) is 2.52. The molecule has 0 unspecified atom stereocenters. The Bertz CT molecular complexity index is 546. The molecule has 0 saturated heterocycles. The highest BCUT2D eigenvalue weighted by atomic mass is 16.5. The first kappa shape index (κ1) is 15.4. The Hall–Kier alpha value is -2.68. The first-order valence-electron chi connectivity index (χ1n) is 5.61. The molecule has 1 aromatic carbocycles. The number of esters is 1. The molecule has 6 nitrogen and oxygen atoms in total. The summed E-state index contributed by atoms with van der Waals surface area (Å²) in [5.74, 6) is 0.588. The number of rotatable bonds is 5. The van der Waals surface area contributed by atoms with E-state index in [0.717, 1.165) is 0 Å². The van der Waals surface area contributed by atoms with Crippen LogP contribution in [0.3, 0.4) is 0 Å². The van der Waals surface area contributed by atoms with E-state index in [2.05, 4.69) is 4.74 Å². The SMILES string of the molecule is COC(=O)/C(C#N)=C/c1cc(OC)c(OC)c(OC)c1. The van der Waals surface area contributed by atoms with Crippen molar-refractivity contribution in [2.45, 2.75) is 0 Å². The fourth-order valence-electron chi connectivity index (χ4n) is 1.60. The van der Waals surface area contributed by atoms with Crippen LogP contribution in [0.1, 0.15) is 5.56 Å². The number of ether oxygens (including phenoxy) is 4. The minimum Gasteiger partial charge on any atom is -0.493 e. The maximum atomic E-state index is 11.4. The number of nitrogens with zero attached hydrogens (tertiary/aromatic N) is 1. The van der Waals surface area contributed by atoms with E-state index < -0.39 is 5.97 Å². The van der Waals surface area contributed by atoms with Crippen LogP contribution in [0.2, 0.25) is 0 Å². The highest BCUT2D eigenvalue weighted by Gasteiger charge is 2.14. The van der Waals surface area contributed by atoms with Crippen molar-refractivity contribution in [2.75, 3.05) is 28.4 Å². The number of carbonyl (C=O) groups excluding carboxylic acids is 1. The van der Waals surface area contributed by atoms with E-state index in [1.807, 2.05) is 0 Å². The fraction of sp³-hybridized carbons (Fsp3) is 0.286. The van der Waals surface area contributed by atoms with Gasteiger partial charge in [-0.05, 0) is 23.8 Å². The lowest BCUT2D eigenvalue weighted by molar-refractivity contribution is -0.135. The lowest BCUT2D eigenvalue weighted by atomic mass is 10.1. The second-order valence-electron chi connectivity index (χ2n) is 3.62. The van der Waals surface area contributed by atoms with Crippen molar-refractivity contribution in [1.82, 2.24) is 0 Å². The van der Waals surface area contributed by atoms with E-state index in [9.17, 15) is 4.79 Å². The number of benzene rings is 1.